The maximum atomic E-state index is 3.77. The largest absolute Gasteiger partial charge is 0.371 e. The molecule has 0 amide bonds. The third kappa shape index (κ3) is 4.72. The van der Waals surface area contributed by atoms with Crippen LogP contribution >= 0.6 is 15.9 Å². The van der Waals surface area contributed by atoms with E-state index in [1.54, 1.807) is 0 Å². The van der Waals surface area contributed by atoms with Crippen LogP contribution in [0.5, 0.6) is 0 Å². The first-order valence-corrected chi connectivity index (χ1v) is 9.15. The molecule has 1 atom stereocenters. The lowest BCUT2D eigenvalue weighted by atomic mass is 9.89. The van der Waals surface area contributed by atoms with Crippen molar-refractivity contribution in [1.82, 2.24) is 5.32 Å². The standard InChI is InChI=1S/C18H29BrN2/c1-4-20-13-15-7-8-18(17(19)12-15)21-10-5-6-16(9-11-21)14(2)3/h7-8,12,14,16,20H,4-6,9-11,13H2,1-3H3. The summed E-state index contributed by atoms with van der Waals surface area (Å²) in [4.78, 5) is 2.56. The lowest BCUT2D eigenvalue weighted by Gasteiger charge is -2.25. The van der Waals surface area contributed by atoms with Crippen LogP contribution in [-0.2, 0) is 6.54 Å². The van der Waals surface area contributed by atoms with Crippen molar-refractivity contribution in [2.75, 3.05) is 24.5 Å². The molecule has 1 saturated heterocycles. The lowest BCUT2D eigenvalue weighted by Crippen LogP contribution is -2.25. The van der Waals surface area contributed by atoms with E-state index in [2.05, 4.69) is 65.1 Å². The van der Waals surface area contributed by atoms with E-state index in [1.807, 2.05) is 0 Å². The molecule has 1 aromatic carbocycles. The maximum Gasteiger partial charge on any atom is 0.0510 e. The van der Waals surface area contributed by atoms with Gasteiger partial charge in [0.2, 0.25) is 0 Å². The van der Waals surface area contributed by atoms with Crippen LogP contribution in [0.25, 0.3) is 0 Å². The van der Waals surface area contributed by atoms with Crippen molar-refractivity contribution < 1.29 is 0 Å². The van der Waals surface area contributed by atoms with Gasteiger partial charge in [-0.2, -0.15) is 0 Å². The van der Waals surface area contributed by atoms with Gasteiger partial charge in [-0.15, -0.1) is 0 Å². The summed E-state index contributed by atoms with van der Waals surface area (Å²) in [6, 6.07) is 6.81. The smallest absolute Gasteiger partial charge is 0.0510 e. The molecule has 1 aromatic rings. The van der Waals surface area contributed by atoms with Gasteiger partial charge in [-0.25, -0.2) is 0 Å². The fourth-order valence-corrected chi connectivity index (χ4v) is 3.89. The summed E-state index contributed by atoms with van der Waals surface area (Å²) >= 11 is 3.77. The zero-order chi connectivity index (χ0) is 15.2. The Morgan fingerprint density at radius 2 is 2.10 bits per heavy atom. The molecule has 118 valence electrons. The lowest BCUT2D eigenvalue weighted by molar-refractivity contribution is 0.351. The molecule has 0 spiro atoms. The molecule has 2 nitrogen and oxygen atoms in total. The number of nitrogens with one attached hydrogen (secondary N) is 1. The molecule has 0 bridgehead atoms. The predicted molar refractivity (Wildman–Crippen MR) is 95.9 cm³/mol. The van der Waals surface area contributed by atoms with E-state index < -0.39 is 0 Å². The second-order valence-corrected chi connectivity index (χ2v) is 7.34. The number of hydrogen-bond acceptors (Lipinski definition) is 2. The van der Waals surface area contributed by atoms with Crippen molar-refractivity contribution in [3.05, 3.63) is 28.2 Å². The van der Waals surface area contributed by atoms with Crippen LogP contribution in [0.15, 0.2) is 22.7 Å². The molecule has 0 aliphatic carbocycles. The van der Waals surface area contributed by atoms with Crippen molar-refractivity contribution in [1.29, 1.82) is 0 Å². The fraction of sp³-hybridized carbons (Fsp3) is 0.667. The zero-order valence-electron chi connectivity index (χ0n) is 13.7. The molecule has 1 aliphatic heterocycles. The van der Waals surface area contributed by atoms with E-state index >= 15 is 0 Å². The first kappa shape index (κ1) is 16.8. The first-order chi connectivity index (χ1) is 10.1. The van der Waals surface area contributed by atoms with Gasteiger partial charge >= 0.3 is 0 Å². The van der Waals surface area contributed by atoms with Gasteiger partial charge in [0.25, 0.3) is 0 Å². The average molecular weight is 353 g/mol. The molecule has 1 heterocycles. The van der Waals surface area contributed by atoms with Crippen LogP contribution in [0.3, 0.4) is 0 Å². The SMILES string of the molecule is CCNCc1ccc(N2CCCC(C(C)C)CC2)c(Br)c1. The van der Waals surface area contributed by atoms with E-state index in [9.17, 15) is 0 Å². The highest BCUT2D eigenvalue weighted by Crippen LogP contribution is 2.32. The quantitative estimate of drug-likeness (QED) is 0.816. The fourth-order valence-electron chi connectivity index (χ4n) is 3.22. The molecule has 0 aromatic heterocycles. The second kappa shape index (κ2) is 8.19. The molecule has 3 heteroatoms. The number of benzene rings is 1. The van der Waals surface area contributed by atoms with Gasteiger partial charge in [0.15, 0.2) is 0 Å². The minimum atomic E-state index is 0.816. The Bertz CT molecular complexity index is 445. The summed E-state index contributed by atoms with van der Waals surface area (Å²) in [5, 5.41) is 3.38. The topological polar surface area (TPSA) is 15.3 Å². The summed E-state index contributed by atoms with van der Waals surface area (Å²) in [5.74, 6) is 1.71. The van der Waals surface area contributed by atoms with E-state index in [4.69, 9.17) is 0 Å². The number of halogens is 1. The third-order valence-corrected chi connectivity index (χ3v) is 5.28. The number of anilines is 1. The van der Waals surface area contributed by atoms with Crippen molar-refractivity contribution in [2.24, 2.45) is 11.8 Å². The molecule has 0 saturated carbocycles. The molecule has 2 rings (SSSR count). The Morgan fingerprint density at radius 3 is 2.76 bits per heavy atom. The zero-order valence-corrected chi connectivity index (χ0v) is 15.2. The van der Waals surface area contributed by atoms with Gasteiger partial charge in [-0.1, -0.05) is 26.8 Å². The Morgan fingerprint density at radius 1 is 1.29 bits per heavy atom. The Balaban J connectivity index is 2.04. The molecule has 1 unspecified atom stereocenters. The van der Waals surface area contributed by atoms with Crippen molar-refractivity contribution >= 4 is 21.6 Å². The van der Waals surface area contributed by atoms with Crippen LogP contribution in [0.4, 0.5) is 5.69 Å². The summed E-state index contributed by atoms with van der Waals surface area (Å²) in [6.45, 7) is 11.2. The predicted octanol–water partition coefficient (Wildman–Crippen LogP) is 4.82. The highest BCUT2D eigenvalue weighted by molar-refractivity contribution is 9.10. The summed E-state index contributed by atoms with van der Waals surface area (Å²) in [7, 11) is 0. The van der Waals surface area contributed by atoms with Gasteiger partial charge in [0.1, 0.15) is 0 Å². The molecule has 21 heavy (non-hydrogen) atoms. The van der Waals surface area contributed by atoms with Crippen LogP contribution in [0, 0.1) is 11.8 Å². The average Bonchev–Trinajstić information content (AvgIpc) is 2.71. The second-order valence-electron chi connectivity index (χ2n) is 6.49. The molecule has 0 radical (unpaired) electrons. The van der Waals surface area contributed by atoms with Gasteiger partial charge in [0, 0.05) is 24.1 Å². The number of rotatable bonds is 5. The highest BCUT2D eigenvalue weighted by atomic mass is 79.9. The van der Waals surface area contributed by atoms with E-state index in [0.29, 0.717) is 0 Å². The Kier molecular flexibility index (Phi) is 6.56. The molecular weight excluding hydrogens is 324 g/mol. The summed E-state index contributed by atoms with van der Waals surface area (Å²) < 4.78 is 1.24. The third-order valence-electron chi connectivity index (χ3n) is 4.65. The molecule has 1 aliphatic rings. The van der Waals surface area contributed by atoms with Crippen molar-refractivity contribution in [3.63, 3.8) is 0 Å². The van der Waals surface area contributed by atoms with Crippen molar-refractivity contribution in [2.45, 2.75) is 46.6 Å². The first-order valence-electron chi connectivity index (χ1n) is 8.36. The number of hydrogen-bond donors (Lipinski definition) is 1. The van der Waals surface area contributed by atoms with Crippen LogP contribution in [0.1, 0.15) is 45.6 Å². The van der Waals surface area contributed by atoms with Gasteiger partial charge in [0.05, 0.1) is 5.69 Å². The maximum absolute atomic E-state index is 3.77. The van der Waals surface area contributed by atoms with Crippen molar-refractivity contribution in [3.8, 4) is 0 Å². The van der Waals surface area contributed by atoms with E-state index in [0.717, 1.165) is 24.9 Å². The van der Waals surface area contributed by atoms with Crippen LogP contribution < -0.4 is 10.2 Å². The molecular formula is C18H29BrN2. The molecule has 1 fully saturated rings. The van der Waals surface area contributed by atoms with Gasteiger partial charge in [-0.3, -0.25) is 0 Å². The number of nitrogens with zero attached hydrogens (tertiary/aromatic N) is 1. The highest BCUT2D eigenvalue weighted by Gasteiger charge is 2.20. The van der Waals surface area contributed by atoms with Crippen LogP contribution in [-0.4, -0.2) is 19.6 Å². The van der Waals surface area contributed by atoms with Gasteiger partial charge < -0.3 is 10.2 Å². The normalized spacial score (nSPS) is 19.9. The minimum Gasteiger partial charge on any atom is -0.371 e. The van der Waals surface area contributed by atoms with E-state index in [-0.39, 0.29) is 0 Å². The Labute approximate surface area is 138 Å². The minimum absolute atomic E-state index is 0.816. The summed E-state index contributed by atoms with van der Waals surface area (Å²) in [5.41, 5.74) is 2.71. The summed E-state index contributed by atoms with van der Waals surface area (Å²) in [6.07, 6.45) is 4.02. The van der Waals surface area contributed by atoms with Gasteiger partial charge in [-0.05, 0) is 71.3 Å². The molecule has 1 N–H and O–H groups in total. The van der Waals surface area contributed by atoms with Crippen LogP contribution in [0.2, 0.25) is 0 Å². The van der Waals surface area contributed by atoms with E-state index in [1.165, 1.54) is 48.1 Å². The Hall–Kier alpha value is -0.540. The monoisotopic (exact) mass is 352 g/mol.